The topological polar surface area (TPSA) is 50.4 Å². The summed E-state index contributed by atoms with van der Waals surface area (Å²) in [6.07, 6.45) is 8.63. The van der Waals surface area contributed by atoms with E-state index in [1.165, 1.54) is 25.7 Å². The molecule has 0 bridgehead atoms. The molecular weight excluding hydrogens is 324 g/mol. The summed E-state index contributed by atoms with van der Waals surface area (Å²) in [5.74, 6) is 0.932. The van der Waals surface area contributed by atoms with Gasteiger partial charge in [-0.15, -0.1) is 0 Å². The van der Waals surface area contributed by atoms with Gasteiger partial charge in [0.2, 0.25) is 0 Å². The van der Waals surface area contributed by atoms with E-state index in [4.69, 9.17) is 4.42 Å². The molecule has 1 aliphatic carbocycles. The molecule has 3 heteroatoms. The number of phenolic OH excluding ortho intramolecular Hbond substituents is 1. The first-order chi connectivity index (χ1) is 12.3. The molecule has 1 atom stereocenters. The van der Waals surface area contributed by atoms with Crippen molar-refractivity contribution in [3.05, 3.63) is 39.2 Å². The molecule has 1 N–H and O–H groups in total. The van der Waals surface area contributed by atoms with Crippen molar-refractivity contribution >= 4 is 11.0 Å². The molecule has 0 spiro atoms. The van der Waals surface area contributed by atoms with Crippen molar-refractivity contribution < 1.29 is 9.52 Å². The Hall–Kier alpha value is -1.77. The van der Waals surface area contributed by atoms with E-state index in [0.29, 0.717) is 11.5 Å². The summed E-state index contributed by atoms with van der Waals surface area (Å²) in [5, 5.41) is 11.4. The van der Waals surface area contributed by atoms with Gasteiger partial charge in [0.25, 0.3) is 0 Å². The molecule has 26 heavy (non-hydrogen) atoms. The van der Waals surface area contributed by atoms with E-state index in [0.717, 1.165) is 47.8 Å². The average molecular weight is 357 g/mol. The second kappa shape index (κ2) is 7.46. The van der Waals surface area contributed by atoms with Crippen molar-refractivity contribution in [2.45, 2.75) is 79.1 Å². The zero-order valence-corrected chi connectivity index (χ0v) is 16.7. The molecule has 1 unspecified atom stereocenters. The standard InChI is InChI=1S/C23H32O3/c1-5-6-7-8-15(2)9-10-16-11-19(24)21-17-13-23(3,4)14-18(17)22(25)26-20(21)12-16/h11-12,15,24H,5-10,13-14H2,1-4H3. The van der Waals surface area contributed by atoms with Gasteiger partial charge in [0.1, 0.15) is 11.3 Å². The quantitative estimate of drug-likeness (QED) is 0.506. The van der Waals surface area contributed by atoms with Gasteiger partial charge in [-0.3, -0.25) is 0 Å². The van der Waals surface area contributed by atoms with Crippen LogP contribution in [0.5, 0.6) is 5.75 Å². The first kappa shape index (κ1) is 19.0. The first-order valence-corrected chi connectivity index (χ1v) is 10.1. The van der Waals surface area contributed by atoms with Crippen LogP contribution in [-0.4, -0.2) is 5.11 Å². The summed E-state index contributed by atoms with van der Waals surface area (Å²) in [4.78, 5) is 12.4. The number of aromatic hydroxyl groups is 1. The molecule has 0 aliphatic heterocycles. The van der Waals surface area contributed by atoms with Crippen molar-refractivity contribution in [1.29, 1.82) is 0 Å². The minimum absolute atomic E-state index is 0.0460. The largest absolute Gasteiger partial charge is 0.507 e. The molecule has 3 rings (SSSR count). The SMILES string of the molecule is CCCCCC(C)CCc1cc(O)c2c3c(c(=O)oc2c1)CC(C)(C)C3. The van der Waals surface area contributed by atoms with E-state index in [2.05, 4.69) is 27.7 Å². The molecule has 1 heterocycles. The Balaban J connectivity index is 1.83. The van der Waals surface area contributed by atoms with Gasteiger partial charge in [-0.05, 0) is 60.3 Å². The summed E-state index contributed by atoms with van der Waals surface area (Å²) < 4.78 is 5.59. The third-order valence-electron chi connectivity index (χ3n) is 5.79. The second-order valence-electron chi connectivity index (χ2n) is 8.99. The number of unbranched alkanes of at least 4 members (excludes halogenated alkanes) is 2. The van der Waals surface area contributed by atoms with E-state index in [9.17, 15) is 9.90 Å². The number of rotatable bonds is 7. The van der Waals surface area contributed by atoms with Crippen molar-refractivity contribution in [3.63, 3.8) is 0 Å². The van der Waals surface area contributed by atoms with E-state index >= 15 is 0 Å². The maximum absolute atomic E-state index is 12.4. The average Bonchev–Trinajstić information content (AvgIpc) is 2.88. The smallest absolute Gasteiger partial charge is 0.339 e. The van der Waals surface area contributed by atoms with Gasteiger partial charge in [0.05, 0.1) is 5.39 Å². The van der Waals surface area contributed by atoms with E-state index in [-0.39, 0.29) is 16.8 Å². The van der Waals surface area contributed by atoms with E-state index in [1.807, 2.05) is 12.1 Å². The Morgan fingerprint density at radius 2 is 1.88 bits per heavy atom. The lowest BCUT2D eigenvalue weighted by Crippen LogP contribution is -2.12. The van der Waals surface area contributed by atoms with Crippen LogP contribution in [0.25, 0.3) is 11.0 Å². The van der Waals surface area contributed by atoms with Gasteiger partial charge in [0.15, 0.2) is 0 Å². The van der Waals surface area contributed by atoms with Crippen LogP contribution >= 0.6 is 0 Å². The number of benzene rings is 1. The predicted molar refractivity (Wildman–Crippen MR) is 107 cm³/mol. The molecule has 1 aromatic carbocycles. The monoisotopic (exact) mass is 356 g/mol. The summed E-state index contributed by atoms with van der Waals surface area (Å²) >= 11 is 0. The minimum atomic E-state index is -0.234. The lowest BCUT2D eigenvalue weighted by atomic mass is 9.90. The minimum Gasteiger partial charge on any atom is -0.507 e. The molecule has 2 aromatic rings. The van der Waals surface area contributed by atoms with Crippen LogP contribution in [0.2, 0.25) is 0 Å². The molecule has 0 saturated heterocycles. The van der Waals surface area contributed by atoms with Crippen LogP contribution in [0, 0.1) is 11.3 Å². The fraction of sp³-hybridized carbons (Fsp3) is 0.609. The van der Waals surface area contributed by atoms with Crippen LogP contribution in [0.3, 0.4) is 0 Å². The van der Waals surface area contributed by atoms with Crippen LogP contribution in [0.15, 0.2) is 21.3 Å². The number of aryl methyl sites for hydroxylation is 1. The number of phenols is 1. The molecule has 0 saturated carbocycles. The zero-order valence-electron chi connectivity index (χ0n) is 16.7. The van der Waals surface area contributed by atoms with Gasteiger partial charge < -0.3 is 9.52 Å². The van der Waals surface area contributed by atoms with Crippen molar-refractivity contribution in [2.75, 3.05) is 0 Å². The van der Waals surface area contributed by atoms with Crippen LogP contribution in [-0.2, 0) is 19.3 Å². The maximum Gasteiger partial charge on any atom is 0.339 e. The van der Waals surface area contributed by atoms with Crippen molar-refractivity contribution in [2.24, 2.45) is 11.3 Å². The second-order valence-corrected chi connectivity index (χ2v) is 8.99. The van der Waals surface area contributed by atoms with Gasteiger partial charge in [-0.1, -0.05) is 53.4 Å². The predicted octanol–water partition coefficient (Wildman–Crippen LogP) is 5.77. The molecule has 1 aliphatic rings. The summed E-state index contributed by atoms with van der Waals surface area (Å²) in [7, 11) is 0. The van der Waals surface area contributed by atoms with Gasteiger partial charge >= 0.3 is 5.63 Å². The van der Waals surface area contributed by atoms with Crippen LogP contribution < -0.4 is 5.63 Å². The van der Waals surface area contributed by atoms with E-state index < -0.39 is 0 Å². The summed E-state index contributed by atoms with van der Waals surface area (Å²) in [6.45, 7) is 8.84. The Morgan fingerprint density at radius 1 is 1.15 bits per heavy atom. The molecule has 142 valence electrons. The number of hydrogen-bond acceptors (Lipinski definition) is 3. The van der Waals surface area contributed by atoms with Crippen LogP contribution in [0.4, 0.5) is 0 Å². The molecule has 1 aromatic heterocycles. The number of fused-ring (bicyclic) bond motifs is 3. The highest BCUT2D eigenvalue weighted by Gasteiger charge is 2.33. The molecular formula is C23H32O3. The Kier molecular flexibility index (Phi) is 5.45. The normalized spacial score (nSPS) is 16.8. The third kappa shape index (κ3) is 3.97. The highest BCUT2D eigenvalue weighted by Crippen LogP contribution is 2.41. The molecule has 0 radical (unpaired) electrons. The Bertz CT molecular complexity index is 845. The van der Waals surface area contributed by atoms with Crippen molar-refractivity contribution in [1.82, 2.24) is 0 Å². The molecule has 0 fully saturated rings. The summed E-state index contributed by atoms with van der Waals surface area (Å²) in [6, 6.07) is 3.83. The Labute approximate surface area is 156 Å². The fourth-order valence-corrected chi connectivity index (χ4v) is 4.31. The lowest BCUT2D eigenvalue weighted by molar-refractivity contribution is 0.390. The zero-order chi connectivity index (χ0) is 18.9. The Morgan fingerprint density at radius 3 is 2.62 bits per heavy atom. The van der Waals surface area contributed by atoms with Gasteiger partial charge in [-0.2, -0.15) is 0 Å². The lowest BCUT2D eigenvalue weighted by Gasteiger charge is -2.15. The van der Waals surface area contributed by atoms with Gasteiger partial charge in [-0.25, -0.2) is 4.79 Å². The maximum atomic E-state index is 12.4. The fourth-order valence-electron chi connectivity index (χ4n) is 4.31. The first-order valence-electron chi connectivity index (χ1n) is 10.1. The van der Waals surface area contributed by atoms with Crippen LogP contribution in [0.1, 0.15) is 76.5 Å². The highest BCUT2D eigenvalue weighted by atomic mass is 16.4. The van der Waals surface area contributed by atoms with Crippen molar-refractivity contribution in [3.8, 4) is 5.75 Å². The van der Waals surface area contributed by atoms with E-state index in [1.54, 1.807) is 0 Å². The number of hydrogen-bond donors (Lipinski definition) is 1. The molecule has 0 amide bonds. The molecule has 3 nitrogen and oxygen atoms in total. The highest BCUT2D eigenvalue weighted by molar-refractivity contribution is 5.88. The summed E-state index contributed by atoms with van der Waals surface area (Å²) in [5.41, 5.74) is 3.14. The van der Waals surface area contributed by atoms with Gasteiger partial charge in [0, 0.05) is 5.56 Å². The third-order valence-corrected chi connectivity index (χ3v) is 5.79.